The molecule has 0 aliphatic rings. The van der Waals surface area contributed by atoms with Gasteiger partial charge in [-0.05, 0) is 12.3 Å². The zero-order chi connectivity index (χ0) is 11.0. The van der Waals surface area contributed by atoms with E-state index in [9.17, 15) is 4.89 Å². The smallest absolute Gasteiger partial charge is 0.116 e. The Morgan fingerprint density at radius 1 is 1.33 bits per heavy atom. The predicted octanol–water partition coefficient (Wildman–Crippen LogP) is 4.68. The number of rotatable bonds is 8. The molecule has 0 aromatic carbocycles. The molecular weight excluding hydrogens is 267 g/mol. The maximum atomic E-state index is 9.95. The predicted molar refractivity (Wildman–Crippen MR) is 80.1 cm³/mol. The normalized spacial score (nSPS) is 16.5. The molecule has 0 spiro atoms. The van der Waals surface area contributed by atoms with Crippen LogP contribution in [-0.4, -0.2) is 16.8 Å². The molecule has 94 valence electrons. The molecule has 0 rings (SSSR count). The van der Waals surface area contributed by atoms with Gasteiger partial charge in [-0.25, -0.2) is 0 Å². The summed E-state index contributed by atoms with van der Waals surface area (Å²) in [4.78, 5) is 9.95. The molecule has 2 atom stereocenters. The molecular formula is C10H24ClOPS2. The largest absolute Gasteiger partial charge is 0.357 e. The first kappa shape index (κ1) is 18.6. The molecule has 0 amide bonds. The Labute approximate surface area is 110 Å². The van der Waals surface area contributed by atoms with E-state index in [-0.39, 0.29) is 12.4 Å². The van der Waals surface area contributed by atoms with E-state index >= 15 is 0 Å². The molecule has 0 fully saturated rings. The van der Waals surface area contributed by atoms with Gasteiger partial charge in [-0.1, -0.05) is 63.2 Å². The number of halogens is 1. The van der Waals surface area contributed by atoms with Crippen molar-refractivity contribution in [2.75, 3.05) is 11.9 Å². The average Bonchev–Trinajstić information content (AvgIpc) is 2.13. The molecule has 0 aromatic rings. The molecule has 0 aromatic heterocycles. The second kappa shape index (κ2) is 10.4. The molecule has 1 nitrogen and oxygen atoms in total. The summed E-state index contributed by atoms with van der Waals surface area (Å²) in [6, 6.07) is 0. The molecule has 0 bridgehead atoms. The highest BCUT2D eigenvalue weighted by Crippen LogP contribution is 2.56. The lowest BCUT2D eigenvalue weighted by Crippen LogP contribution is -1.97. The lowest BCUT2D eigenvalue weighted by atomic mass is 10.1. The van der Waals surface area contributed by atoms with Gasteiger partial charge in [0, 0.05) is 11.9 Å². The summed E-state index contributed by atoms with van der Waals surface area (Å²) >= 11 is 6.89. The van der Waals surface area contributed by atoms with Gasteiger partial charge in [0.05, 0.1) is 0 Å². The van der Waals surface area contributed by atoms with Crippen molar-refractivity contribution in [2.45, 2.75) is 46.5 Å². The van der Waals surface area contributed by atoms with E-state index in [4.69, 9.17) is 11.8 Å². The summed E-state index contributed by atoms with van der Waals surface area (Å²) in [6.45, 7) is 6.58. The fraction of sp³-hybridized carbons (Fsp3) is 1.00. The Morgan fingerprint density at radius 2 is 1.93 bits per heavy atom. The number of unbranched alkanes of at least 4 members (excludes halogenated alkanes) is 1. The fourth-order valence-electron chi connectivity index (χ4n) is 1.24. The first-order chi connectivity index (χ1) is 6.52. The number of hydrogen-bond acceptors (Lipinski definition) is 2. The molecule has 0 aliphatic carbocycles. The molecule has 0 saturated carbocycles. The van der Waals surface area contributed by atoms with E-state index in [1.54, 1.807) is 11.4 Å². The van der Waals surface area contributed by atoms with Crippen molar-refractivity contribution in [3.05, 3.63) is 0 Å². The Hall–Kier alpha value is 1.25. The Morgan fingerprint density at radius 3 is 2.40 bits per heavy atom. The van der Waals surface area contributed by atoms with Crippen LogP contribution in [-0.2, 0) is 11.8 Å². The zero-order valence-electron chi connectivity index (χ0n) is 9.94. The second-order valence-electron chi connectivity index (χ2n) is 3.90. The average molecular weight is 291 g/mol. The van der Waals surface area contributed by atoms with Gasteiger partial charge in [0.15, 0.2) is 0 Å². The lowest BCUT2D eigenvalue weighted by molar-refractivity contribution is 0.585. The SMILES string of the molecule is CCCCP(O)(=S)SCC(C)CCC.Cl. The van der Waals surface area contributed by atoms with Crippen LogP contribution in [0.25, 0.3) is 0 Å². The minimum atomic E-state index is -2.04. The Kier molecular flexibility index (Phi) is 12.9. The van der Waals surface area contributed by atoms with E-state index < -0.39 is 5.47 Å². The van der Waals surface area contributed by atoms with Gasteiger partial charge in [0.25, 0.3) is 0 Å². The van der Waals surface area contributed by atoms with Crippen molar-refractivity contribution in [1.29, 1.82) is 0 Å². The van der Waals surface area contributed by atoms with E-state index in [0.717, 1.165) is 24.8 Å². The Balaban J connectivity index is 0. The quantitative estimate of drug-likeness (QED) is 0.656. The van der Waals surface area contributed by atoms with Gasteiger partial charge in [0.1, 0.15) is 5.47 Å². The van der Waals surface area contributed by atoms with E-state index in [1.165, 1.54) is 12.8 Å². The minimum Gasteiger partial charge on any atom is -0.357 e. The molecule has 0 radical (unpaired) electrons. The van der Waals surface area contributed by atoms with Crippen molar-refractivity contribution >= 4 is 41.1 Å². The third-order valence-corrected chi connectivity index (χ3v) is 7.84. The van der Waals surface area contributed by atoms with Crippen LogP contribution in [0.5, 0.6) is 0 Å². The fourth-order valence-corrected chi connectivity index (χ4v) is 5.91. The van der Waals surface area contributed by atoms with E-state index in [1.807, 2.05) is 0 Å². The molecule has 0 aliphatic heterocycles. The first-order valence-corrected chi connectivity index (χ1v) is 10.0. The van der Waals surface area contributed by atoms with E-state index in [2.05, 4.69) is 20.8 Å². The third-order valence-electron chi connectivity index (χ3n) is 2.14. The van der Waals surface area contributed by atoms with Crippen LogP contribution in [0.2, 0.25) is 0 Å². The highest BCUT2D eigenvalue weighted by atomic mass is 35.5. The number of hydrogen-bond donors (Lipinski definition) is 1. The summed E-state index contributed by atoms with van der Waals surface area (Å²) in [5, 5.41) is 0. The Bertz CT molecular complexity index is 190. The van der Waals surface area contributed by atoms with Crippen LogP contribution >= 0.6 is 29.3 Å². The zero-order valence-corrected chi connectivity index (χ0v) is 13.3. The van der Waals surface area contributed by atoms with Crippen LogP contribution in [0.3, 0.4) is 0 Å². The monoisotopic (exact) mass is 290 g/mol. The molecule has 15 heavy (non-hydrogen) atoms. The topological polar surface area (TPSA) is 20.2 Å². The maximum Gasteiger partial charge on any atom is 0.116 e. The van der Waals surface area contributed by atoms with Gasteiger partial charge >= 0.3 is 0 Å². The second-order valence-corrected chi connectivity index (χ2v) is 11.3. The van der Waals surface area contributed by atoms with Crippen LogP contribution in [0.1, 0.15) is 46.5 Å². The van der Waals surface area contributed by atoms with Crippen molar-refractivity contribution in [1.82, 2.24) is 0 Å². The minimum absolute atomic E-state index is 0. The van der Waals surface area contributed by atoms with Gasteiger partial charge in [-0.2, -0.15) is 0 Å². The van der Waals surface area contributed by atoms with Crippen molar-refractivity contribution < 1.29 is 4.89 Å². The van der Waals surface area contributed by atoms with Crippen LogP contribution in [0.4, 0.5) is 0 Å². The van der Waals surface area contributed by atoms with Crippen LogP contribution < -0.4 is 0 Å². The summed E-state index contributed by atoms with van der Waals surface area (Å²) in [7, 11) is 0. The van der Waals surface area contributed by atoms with Gasteiger partial charge in [0.2, 0.25) is 0 Å². The maximum absolute atomic E-state index is 9.95. The summed E-state index contributed by atoms with van der Waals surface area (Å²) in [5.41, 5.74) is -2.04. The summed E-state index contributed by atoms with van der Waals surface area (Å²) in [5.74, 6) is 1.73. The van der Waals surface area contributed by atoms with Crippen molar-refractivity contribution in [2.24, 2.45) is 5.92 Å². The molecule has 2 unspecified atom stereocenters. The standard InChI is InChI=1S/C10H23OPS2.ClH/c1-4-6-8-12(11,13)14-9-10(3)7-5-2;/h10H,4-9H2,1-3H3,(H,11,13);1H. The molecule has 0 heterocycles. The molecule has 0 saturated heterocycles. The van der Waals surface area contributed by atoms with E-state index in [0.29, 0.717) is 5.92 Å². The van der Waals surface area contributed by atoms with Crippen molar-refractivity contribution in [3.8, 4) is 0 Å². The lowest BCUT2D eigenvalue weighted by Gasteiger charge is -2.16. The first-order valence-electron chi connectivity index (χ1n) is 5.48. The summed E-state index contributed by atoms with van der Waals surface area (Å²) in [6.07, 6.45) is 5.52. The van der Waals surface area contributed by atoms with Crippen molar-refractivity contribution in [3.63, 3.8) is 0 Å². The third kappa shape index (κ3) is 11.5. The molecule has 1 N–H and O–H groups in total. The van der Waals surface area contributed by atoms with Crippen LogP contribution in [0, 0.1) is 5.92 Å². The molecule has 5 heteroatoms. The van der Waals surface area contributed by atoms with Gasteiger partial charge < -0.3 is 4.89 Å². The van der Waals surface area contributed by atoms with Crippen LogP contribution in [0.15, 0.2) is 0 Å². The summed E-state index contributed by atoms with van der Waals surface area (Å²) < 4.78 is 0. The highest BCUT2D eigenvalue weighted by Gasteiger charge is 2.14. The van der Waals surface area contributed by atoms with Gasteiger partial charge in [-0.15, -0.1) is 12.4 Å². The highest BCUT2D eigenvalue weighted by molar-refractivity contribution is 8.69. The van der Waals surface area contributed by atoms with Gasteiger partial charge in [-0.3, -0.25) is 0 Å².